The van der Waals surface area contributed by atoms with Crippen molar-refractivity contribution in [1.29, 1.82) is 5.26 Å². The lowest BCUT2D eigenvalue weighted by Crippen LogP contribution is -2.50. The average Bonchev–Trinajstić information content (AvgIpc) is 2.63. The van der Waals surface area contributed by atoms with Gasteiger partial charge in [-0.25, -0.2) is 0 Å². The molecule has 1 aliphatic heterocycles. The van der Waals surface area contributed by atoms with Crippen LogP contribution in [0.3, 0.4) is 0 Å². The zero-order chi connectivity index (χ0) is 12.1. The number of rotatable bonds is 2. The van der Waals surface area contributed by atoms with Crippen LogP contribution in [0.2, 0.25) is 0 Å². The molecule has 3 nitrogen and oxygen atoms in total. The molecule has 0 bridgehead atoms. The third-order valence-corrected chi connectivity index (χ3v) is 4.45. The van der Waals surface area contributed by atoms with Gasteiger partial charge in [-0.15, -0.1) is 0 Å². The first-order chi connectivity index (χ1) is 8.36. The largest absolute Gasteiger partial charge is 0.395 e. The Morgan fingerprint density at radius 3 is 2.59 bits per heavy atom. The van der Waals surface area contributed by atoms with Crippen LogP contribution >= 0.6 is 0 Å². The van der Waals surface area contributed by atoms with Crippen molar-refractivity contribution in [1.82, 2.24) is 4.90 Å². The van der Waals surface area contributed by atoms with Crippen molar-refractivity contribution >= 4 is 0 Å². The number of nitrogens with zero attached hydrogens (tertiary/aromatic N) is 2. The second-order valence-electron chi connectivity index (χ2n) is 5.51. The van der Waals surface area contributed by atoms with E-state index in [0.29, 0.717) is 12.1 Å². The van der Waals surface area contributed by atoms with Crippen molar-refractivity contribution in [2.24, 2.45) is 5.92 Å². The predicted molar refractivity (Wildman–Crippen MR) is 67.4 cm³/mol. The molecule has 17 heavy (non-hydrogen) atoms. The Morgan fingerprint density at radius 1 is 1.06 bits per heavy atom. The molecule has 1 saturated heterocycles. The molecule has 1 aliphatic carbocycles. The van der Waals surface area contributed by atoms with E-state index in [-0.39, 0.29) is 12.5 Å². The second-order valence-corrected chi connectivity index (χ2v) is 5.51. The van der Waals surface area contributed by atoms with E-state index in [9.17, 15) is 10.4 Å². The van der Waals surface area contributed by atoms with Crippen molar-refractivity contribution in [3.63, 3.8) is 0 Å². The van der Waals surface area contributed by atoms with E-state index in [2.05, 4.69) is 11.0 Å². The quantitative estimate of drug-likeness (QED) is 0.748. The van der Waals surface area contributed by atoms with E-state index in [4.69, 9.17) is 0 Å². The van der Waals surface area contributed by atoms with Gasteiger partial charge in [-0.05, 0) is 32.2 Å². The SMILES string of the molecule is N#CC1CCCCCC1N1CCCCC1CO. The fourth-order valence-corrected chi connectivity index (χ4v) is 3.49. The molecular formula is C14H24N2O. The molecule has 2 fully saturated rings. The van der Waals surface area contributed by atoms with Crippen LogP contribution in [0.25, 0.3) is 0 Å². The molecule has 0 aromatic carbocycles. The van der Waals surface area contributed by atoms with Crippen molar-refractivity contribution in [2.75, 3.05) is 13.2 Å². The number of aliphatic hydroxyl groups excluding tert-OH is 1. The Balaban J connectivity index is 2.08. The first-order valence-electron chi connectivity index (χ1n) is 7.13. The summed E-state index contributed by atoms with van der Waals surface area (Å²) in [5, 5.41) is 18.8. The standard InChI is InChI=1S/C14H24N2O/c15-10-12-6-2-1-3-8-14(12)16-9-5-4-7-13(16)11-17/h12-14,17H,1-9,11H2. The normalized spacial score (nSPS) is 36.1. The third kappa shape index (κ3) is 3.00. The Kier molecular flexibility index (Phi) is 4.82. The molecule has 1 N–H and O–H groups in total. The van der Waals surface area contributed by atoms with Crippen LogP contribution in [0.4, 0.5) is 0 Å². The minimum atomic E-state index is 0.185. The molecule has 0 amide bonds. The Morgan fingerprint density at radius 2 is 1.82 bits per heavy atom. The lowest BCUT2D eigenvalue weighted by Gasteiger charge is -2.41. The van der Waals surface area contributed by atoms with Gasteiger partial charge in [0.05, 0.1) is 18.6 Å². The van der Waals surface area contributed by atoms with Crippen molar-refractivity contribution in [3.05, 3.63) is 0 Å². The van der Waals surface area contributed by atoms with Gasteiger partial charge in [0.15, 0.2) is 0 Å². The molecule has 3 unspecified atom stereocenters. The summed E-state index contributed by atoms with van der Waals surface area (Å²) in [5.74, 6) is 0.185. The summed E-state index contributed by atoms with van der Waals surface area (Å²) >= 11 is 0. The molecule has 3 heteroatoms. The van der Waals surface area contributed by atoms with Gasteiger partial charge in [-0.3, -0.25) is 4.90 Å². The van der Waals surface area contributed by atoms with Crippen LogP contribution in [0, 0.1) is 17.2 Å². The number of hydrogen-bond donors (Lipinski definition) is 1. The minimum absolute atomic E-state index is 0.185. The maximum absolute atomic E-state index is 9.50. The molecule has 0 aromatic rings. The molecule has 96 valence electrons. The zero-order valence-electron chi connectivity index (χ0n) is 10.6. The van der Waals surface area contributed by atoms with Crippen molar-refractivity contribution in [2.45, 2.75) is 63.5 Å². The highest BCUT2D eigenvalue weighted by molar-refractivity contribution is 4.97. The number of nitriles is 1. The minimum Gasteiger partial charge on any atom is -0.395 e. The Labute approximate surface area is 104 Å². The average molecular weight is 236 g/mol. The first-order valence-corrected chi connectivity index (χ1v) is 7.13. The highest BCUT2D eigenvalue weighted by atomic mass is 16.3. The molecule has 1 heterocycles. The lowest BCUT2D eigenvalue weighted by molar-refractivity contribution is 0.0355. The number of piperidine rings is 1. The summed E-state index contributed by atoms with van der Waals surface area (Å²) in [6, 6.07) is 3.22. The monoisotopic (exact) mass is 236 g/mol. The fraction of sp³-hybridized carbons (Fsp3) is 0.929. The van der Waals surface area contributed by atoms with Crippen molar-refractivity contribution < 1.29 is 5.11 Å². The zero-order valence-corrected chi connectivity index (χ0v) is 10.6. The molecule has 0 spiro atoms. The van der Waals surface area contributed by atoms with Gasteiger partial charge in [0.2, 0.25) is 0 Å². The Bertz CT molecular complexity index is 274. The van der Waals surface area contributed by atoms with E-state index >= 15 is 0 Å². The van der Waals surface area contributed by atoms with E-state index < -0.39 is 0 Å². The Hall–Kier alpha value is -0.590. The topological polar surface area (TPSA) is 47.3 Å². The van der Waals surface area contributed by atoms with Crippen LogP contribution in [0.15, 0.2) is 0 Å². The fourth-order valence-electron chi connectivity index (χ4n) is 3.49. The first kappa shape index (κ1) is 12.9. The molecule has 2 rings (SSSR count). The van der Waals surface area contributed by atoms with Crippen LogP contribution in [0.1, 0.15) is 51.4 Å². The summed E-state index contributed by atoms with van der Waals surface area (Å²) < 4.78 is 0. The molecule has 3 atom stereocenters. The summed E-state index contributed by atoms with van der Waals surface area (Å²) in [5.41, 5.74) is 0. The summed E-state index contributed by atoms with van der Waals surface area (Å²) in [6.45, 7) is 1.34. The highest BCUT2D eigenvalue weighted by Crippen LogP contribution is 2.31. The van der Waals surface area contributed by atoms with Gasteiger partial charge in [-0.2, -0.15) is 5.26 Å². The van der Waals surface area contributed by atoms with Gasteiger partial charge in [0, 0.05) is 12.1 Å². The lowest BCUT2D eigenvalue weighted by atomic mass is 9.90. The van der Waals surface area contributed by atoms with Gasteiger partial charge in [0.1, 0.15) is 0 Å². The van der Waals surface area contributed by atoms with Crippen molar-refractivity contribution in [3.8, 4) is 6.07 Å². The van der Waals surface area contributed by atoms with E-state index in [0.717, 1.165) is 25.8 Å². The van der Waals surface area contributed by atoms with Gasteiger partial charge in [-0.1, -0.05) is 25.7 Å². The van der Waals surface area contributed by atoms with E-state index in [1.54, 1.807) is 0 Å². The van der Waals surface area contributed by atoms with Crippen LogP contribution in [-0.2, 0) is 0 Å². The summed E-state index contributed by atoms with van der Waals surface area (Å²) in [7, 11) is 0. The molecule has 0 radical (unpaired) electrons. The predicted octanol–water partition coefficient (Wildman–Crippen LogP) is 2.31. The molecule has 2 aliphatic rings. The maximum Gasteiger partial charge on any atom is 0.0672 e. The smallest absolute Gasteiger partial charge is 0.0672 e. The molecular weight excluding hydrogens is 212 g/mol. The van der Waals surface area contributed by atoms with Gasteiger partial charge < -0.3 is 5.11 Å². The number of hydrogen-bond acceptors (Lipinski definition) is 3. The van der Waals surface area contributed by atoms with E-state index in [1.165, 1.54) is 32.1 Å². The van der Waals surface area contributed by atoms with Crippen LogP contribution < -0.4 is 0 Å². The molecule has 0 aromatic heterocycles. The van der Waals surface area contributed by atoms with Gasteiger partial charge in [0.25, 0.3) is 0 Å². The third-order valence-electron chi connectivity index (χ3n) is 4.45. The van der Waals surface area contributed by atoms with E-state index in [1.807, 2.05) is 0 Å². The maximum atomic E-state index is 9.50. The van der Waals surface area contributed by atoms with Crippen LogP contribution in [0.5, 0.6) is 0 Å². The van der Waals surface area contributed by atoms with Gasteiger partial charge >= 0.3 is 0 Å². The molecule has 1 saturated carbocycles. The van der Waals surface area contributed by atoms with Crippen LogP contribution in [-0.4, -0.2) is 35.2 Å². The second kappa shape index (κ2) is 6.37. The summed E-state index contributed by atoms with van der Waals surface area (Å²) in [4.78, 5) is 2.45. The number of likely N-dealkylation sites (tertiary alicyclic amines) is 1. The highest BCUT2D eigenvalue weighted by Gasteiger charge is 2.34. The summed E-state index contributed by atoms with van der Waals surface area (Å²) in [6.07, 6.45) is 9.47. The number of aliphatic hydroxyl groups is 1.